The van der Waals surface area contributed by atoms with E-state index in [0.717, 1.165) is 27.8 Å². The van der Waals surface area contributed by atoms with Gasteiger partial charge in [-0.25, -0.2) is 4.98 Å². The van der Waals surface area contributed by atoms with Crippen LogP contribution in [-0.4, -0.2) is 9.38 Å². The van der Waals surface area contributed by atoms with Crippen molar-refractivity contribution >= 4 is 27.5 Å². The Labute approximate surface area is 278 Å². The van der Waals surface area contributed by atoms with Crippen LogP contribution in [0.25, 0.3) is 72.1 Å². The molecule has 2 aromatic heterocycles. The number of aromatic nitrogens is 2. The van der Waals surface area contributed by atoms with E-state index in [1.807, 2.05) is 0 Å². The summed E-state index contributed by atoms with van der Waals surface area (Å²) >= 11 is 0. The van der Waals surface area contributed by atoms with Crippen molar-refractivity contribution in [2.45, 2.75) is 5.41 Å². The van der Waals surface area contributed by atoms with Crippen molar-refractivity contribution in [2.75, 3.05) is 0 Å². The number of rotatable bonds is 2. The minimum absolute atomic E-state index is 0.310. The third kappa shape index (κ3) is 3.24. The van der Waals surface area contributed by atoms with Gasteiger partial charge in [-0.05, 0) is 86.0 Å². The number of para-hydroxylation sites is 3. The number of benzene rings is 7. The van der Waals surface area contributed by atoms with Crippen LogP contribution in [0, 0.1) is 0 Å². The van der Waals surface area contributed by atoms with Crippen LogP contribution in [0.1, 0.15) is 22.3 Å². The van der Waals surface area contributed by atoms with Crippen LogP contribution in [0.5, 0.6) is 0 Å². The van der Waals surface area contributed by atoms with Crippen molar-refractivity contribution in [3.05, 3.63) is 192 Å². The number of hydrogen-bond acceptors (Lipinski definition) is 1. The van der Waals surface area contributed by atoms with E-state index in [0.29, 0.717) is 0 Å². The monoisotopic (exact) mass is 608 g/mol. The van der Waals surface area contributed by atoms with E-state index in [9.17, 15) is 0 Å². The minimum atomic E-state index is -0.310. The summed E-state index contributed by atoms with van der Waals surface area (Å²) in [6.45, 7) is 0. The summed E-state index contributed by atoms with van der Waals surface area (Å²) in [5.41, 5.74) is 19.5. The Balaban J connectivity index is 1.07. The van der Waals surface area contributed by atoms with E-state index in [1.165, 1.54) is 66.5 Å². The second-order valence-electron chi connectivity index (χ2n) is 13.1. The van der Waals surface area contributed by atoms with E-state index in [1.54, 1.807) is 0 Å². The third-order valence-corrected chi connectivity index (χ3v) is 10.8. The topological polar surface area (TPSA) is 17.3 Å². The summed E-state index contributed by atoms with van der Waals surface area (Å²) in [5, 5.41) is 1.22. The second-order valence-corrected chi connectivity index (χ2v) is 13.1. The van der Waals surface area contributed by atoms with Crippen molar-refractivity contribution in [1.29, 1.82) is 0 Å². The van der Waals surface area contributed by atoms with Crippen molar-refractivity contribution in [3.63, 3.8) is 0 Å². The van der Waals surface area contributed by atoms with Gasteiger partial charge < -0.3 is 4.40 Å². The van der Waals surface area contributed by atoms with Crippen LogP contribution in [0.4, 0.5) is 0 Å². The normalized spacial score (nSPS) is 13.6. The highest BCUT2D eigenvalue weighted by molar-refractivity contribution is 5.99. The van der Waals surface area contributed by atoms with Gasteiger partial charge in [-0.1, -0.05) is 140 Å². The molecule has 0 fully saturated rings. The molecular formula is C46H28N2. The van der Waals surface area contributed by atoms with Gasteiger partial charge in [-0.3, -0.25) is 0 Å². The summed E-state index contributed by atoms with van der Waals surface area (Å²) < 4.78 is 2.36. The van der Waals surface area contributed by atoms with E-state index >= 15 is 0 Å². The van der Waals surface area contributed by atoms with Crippen LogP contribution in [0.15, 0.2) is 170 Å². The molecule has 0 bridgehead atoms. The molecule has 7 aromatic carbocycles. The van der Waals surface area contributed by atoms with Gasteiger partial charge in [-0.2, -0.15) is 0 Å². The molecule has 0 atom stereocenters. The average Bonchev–Trinajstić information content (AvgIpc) is 3.79. The Morgan fingerprint density at radius 3 is 1.60 bits per heavy atom. The van der Waals surface area contributed by atoms with Crippen LogP contribution in [-0.2, 0) is 5.41 Å². The van der Waals surface area contributed by atoms with E-state index < -0.39 is 0 Å². The van der Waals surface area contributed by atoms with Crippen molar-refractivity contribution in [3.8, 4) is 44.6 Å². The van der Waals surface area contributed by atoms with Gasteiger partial charge in [0.1, 0.15) is 0 Å². The summed E-state index contributed by atoms with van der Waals surface area (Å²) in [4.78, 5) is 5.20. The van der Waals surface area contributed by atoms with Crippen molar-refractivity contribution in [1.82, 2.24) is 9.38 Å². The van der Waals surface area contributed by atoms with Crippen LogP contribution in [0.2, 0.25) is 0 Å². The molecule has 2 aliphatic carbocycles. The highest BCUT2D eigenvalue weighted by atomic mass is 14.9. The number of fused-ring (bicyclic) bond motifs is 15. The lowest BCUT2D eigenvalue weighted by atomic mass is 9.70. The molecule has 0 aliphatic heterocycles. The van der Waals surface area contributed by atoms with Crippen LogP contribution < -0.4 is 0 Å². The lowest BCUT2D eigenvalue weighted by Gasteiger charge is -2.30. The molecule has 1 spiro atoms. The Bertz CT molecular complexity index is 2740. The summed E-state index contributed by atoms with van der Waals surface area (Å²) in [5.74, 6) is 0. The van der Waals surface area contributed by atoms with E-state index in [-0.39, 0.29) is 5.41 Å². The minimum Gasteiger partial charge on any atom is -0.306 e. The SMILES string of the molecule is c1ccc2c(c1)-c1ccccc1C21c2ccccc2-c2cc(-c3ccc(-c4nc5ccccc5n5c4cc4ccccc45)cc3)ccc21. The largest absolute Gasteiger partial charge is 0.306 e. The Morgan fingerprint density at radius 2 is 0.896 bits per heavy atom. The van der Waals surface area contributed by atoms with Gasteiger partial charge >= 0.3 is 0 Å². The van der Waals surface area contributed by atoms with Crippen molar-refractivity contribution < 1.29 is 0 Å². The lowest BCUT2D eigenvalue weighted by molar-refractivity contribution is 0.794. The smallest absolute Gasteiger partial charge is 0.0950 e. The fourth-order valence-corrected chi connectivity index (χ4v) is 8.83. The molecule has 2 heterocycles. The molecule has 0 amide bonds. The fourth-order valence-electron chi connectivity index (χ4n) is 8.83. The first kappa shape index (κ1) is 25.9. The Morgan fingerprint density at radius 1 is 0.375 bits per heavy atom. The summed E-state index contributed by atoms with van der Waals surface area (Å²) in [6, 6.07) is 62.3. The predicted octanol–water partition coefficient (Wildman–Crippen LogP) is 11.3. The molecule has 2 nitrogen and oxygen atoms in total. The first-order chi connectivity index (χ1) is 23.8. The van der Waals surface area contributed by atoms with E-state index in [4.69, 9.17) is 4.98 Å². The zero-order valence-corrected chi connectivity index (χ0v) is 26.1. The molecule has 9 aromatic rings. The van der Waals surface area contributed by atoms with E-state index in [2.05, 4.69) is 174 Å². The zero-order chi connectivity index (χ0) is 31.4. The maximum atomic E-state index is 5.20. The van der Waals surface area contributed by atoms with Crippen molar-refractivity contribution in [2.24, 2.45) is 0 Å². The first-order valence-corrected chi connectivity index (χ1v) is 16.6. The number of hydrogen-bond donors (Lipinski definition) is 0. The highest BCUT2D eigenvalue weighted by Crippen LogP contribution is 2.62. The van der Waals surface area contributed by atoms with Crippen LogP contribution in [0.3, 0.4) is 0 Å². The molecule has 0 N–H and O–H groups in total. The van der Waals surface area contributed by atoms with Gasteiger partial charge in [0, 0.05) is 10.9 Å². The molecule has 0 saturated carbocycles. The molecule has 48 heavy (non-hydrogen) atoms. The second kappa shape index (κ2) is 9.40. The maximum absolute atomic E-state index is 5.20. The average molecular weight is 609 g/mol. The summed E-state index contributed by atoms with van der Waals surface area (Å²) in [7, 11) is 0. The molecule has 0 radical (unpaired) electrons. The van der Waals surface area contributed by atoms with Gasteiger partial charge in [0.2, 0.25) is 0 Å². The highest BCUT2D eigenvalue weighted by Gasteiger charge is 2.51. The molecule has 222 valence electrons. The Kier molecular flexibility index (Phi) is 5.07. The molecule has 11 rings (SSSR count). The van der Waals surface area contributed by atoms with Crippen LogP contribution >= 0.6 is 0 Å². The first-order valence-electron chi connectivity index (χ1n) is 16.6. The maximum Gasteiger partial charge on any atom is 0.0950 e. The lowest BCUT2D eigenvalue weighted by Crippen LogP contribution is -2.25. The Hall–Kier alpha value is -6.25. The standard InChI is InChI=1S/C46H28N2/c1-9-19-42-32(11-1)28-44-45(47-41-18-8-10-20-43(41)48(42)44)30-23-21-29(22-24-30)31-25-26-40-36(27-31)35-14-4-7-17-39(35)46(40)37-15-5-2-12-33(37)34-13-3-6-16-38(34)46/h1-28H. The molecular weight excluding hydrogens is 581 g/mol. The van der Waals surface area contributed by atoms with Gasteiger partial charge in [0.25, 0.3) is 0 Å². The molecule has 0 saturated heterocycles. The molecule has 0 unspecified atom stereocenters. The van der Waals surface area contributed by atoms with Gasteiger partial charge in [0.05, 0.1) is 33.2 Å². The predicted molar refractivity (Wildman–Crippen MR) is 197 cm³/mol. The third-order valence-electron chi connectivity index (χ3n) is 10.8. The van der Waals surface area contributed by atoms with Gasteiger partial charge in [0.15, 0.2) is 0 Å². The molecule has 2 heteroatoms. The molecule has 2 aliphatic rings. The zero-order valence-electron chi connectivity index (χ0n) is 26.1. The quantitative estimate of drug-likeness (QED) is 0.191. The fraction of sp³-hybridized carbons (Fsp3) is 0.0217. The summed E-state index contributed by atoms with van der Waals surface area (Å²) in [6.07, 6.45) is 0. The number of nitrogens with zero attached hydrogens (tertiary/aromatic N) is 2. The van der Waals surface area contributed by atoms with Gasteiger partial charge in [-0.15, -0.1) is 0 Å².